The van der Waals surface area contributed by atoms with Gasteiger partial charge in [0.05, 0.1) is 11.6 Å². The molecule has 1 aliphatic rings. The Morgan fingerprint density at radius 1 is 1.14 bits per heavy atom. The summed E-state index contributed by atoms with van der Waals surface area (Å²) in [5.41, 5.74) is 4.29. The van der Waals surface area contributed by atoms with Gasteiger partial charge in [-0.05, 0) is 60.9 Å². The van der Waals surface area contributed by atoms with Crippen molar-refractivity contribution in [3.8, 4) is 6.07 Å². The molecule has 0 saturated carbocycles. The molecule has 4 nitrogen and oxygen atoms in total. The number of fused-ring (bicyclic) bond motifs is 1. The summed E-state index contributed by atoms with van der Waals surface area (Å²) in [5.74, 6) is 0.842. The third-order valence-corrected chi connectivity index (χ3v) is 5.85. The van der Waals surface area contributed by atoms with Crippen LogP contribution in [-0.4, -0.2) is 28.9 Å². The number of aryl methyl sites for hydroxylation is 1. The number of nitrogens with zero attached hydrogens (tertiary/aromatic N) is 2. The van der Waals surface area contributed by atoms with Crippen LogP contribution < -0.4 is 0 Å². The van der Waals surface area contributed by atoms with Crippen LogP contribution >= 0.6 is 0 Å². The molecule has 1 saturated heterocycles. The van der Waals surface area contributed by atoms with Crippen molar-refractivity contribution in [3.05, 3.63) is 71.4 Å². The number of likely N-dealkylation sites (tertiary alicyclic amines) is 1. The summed E-state index contributed by atoms with van der Waals surface area (Å²) < 4.78 is 0. The molecule has 0 bridgehead atoms. The quantitative estimate of drug-likeness (QED) is 0.702. The molecule has 2 aromatic carbocycles. The monoisotopic (exact) mass is 371 g/mol. The number of amides is 1. The Hall–Kier alpha value is -3.06. The second kappa shape index (κ2) is 8.31. The largest absolute Gasteiger partial charge is 0.361 e. The minimum Gasteiger partial charge on any atom is -0.361 e. The van der Waals surface area contributed by atoms with Gasteiger partial charge in [-0.1, -0.05) is 30.3 Å². The van der Waals surface area contributed by atoms with Gasteiger partial charge in [0.25, 0.3) is 0 Å². The number of carbonyl (C=O) groups is 1. The van der Waals surface area contributed by atoms with Crippen molar-refractivity contribution in [1.82, 2.24) is 9.88 Å². The van der Waals surface area contributed by atoms with Crippen LogP contribution in [0.1, 0.15) is 48.3 Å². The van der Waals surface area contributed by atoms with Gasteiger partial charge >= 0.3 is 0 Å². The Balaban J connectivity index is 1.28. The third kappa shape index (κ3) is 3.94. The molecule has 3 aromatic rings. The first kappa shape index (κ1) is 18.3. The van der Waals surface area contributed by atoms with Crippen LogP contribution in [0.4, 0.5) is 0 Å². The summed E-state index contributed by atoms with van der Waals surface area (Å²) >= 11 is 0. The highest BCUT2D eigenvalue weighted by atomic mass is 16.2. The van der Waals surface area contributed by atoms with Gasteiger partial charge in [-0.3, -0.25) is 4.79 Å². The van der Waals surface area contributed by atoms with Gasteiger partial charge < -0.3 is 9.88 Å². The summed E-state index contributed by atoms with van der Waals surface area (Å²) in [4.78, 5) is 17.9. The van der Waals surface area contributed by atoms with Crippen LogP contribution in [0.15, 0.2) is 54.7 Å². The molecular formula is C24H25N3O. The first-order valence-electron chi connectivity index (χ1n) is 10.1. The number of rotatable bonds is 5. The highest BCUT2D eigenvalue weighted by molar-refractivity contribution is 5.84. The van der Waals surface area contributed by atoms with Crippen LogP contribution in [0, 0.1) is 11.3 Å². The number of benzene rings is 2. The molecule has 0 unspecified atom stereocenters. The SMILES string of the molecule is N#Cc1ccc2[nH]cc(CCCC(=O)N3CCC(c4ccccc4)CC3)c2c1. The van der Waals surface area contributed by atoms with E-state index in [1.807, 2.05) is 29.3 Å². The van der Waals surface area contributed by atoms with Gasteiger partial charge in [0, 0.05) is 36.6 Å². The normalized spacial score (nSPS) is 14.9. The molecule has 0 spiro atoms. The molecular weight excluding hydrogens is 346 g/mol. The Bertz CT molecular complexity index is 992. The average Bonchev–Trinajstić information content (AvgIpc) is 3.16. The molecule has 0 radical (unpaired) electrons. The first-order chi connectivity index (χ1) is 13.7. The number of nitrogens with one attached hydrogen (secondary N) is 1. The van der Waals surface area contributed by atoms with Crippen molar-refractivity contribution in [2.45, 2.75) is 38.0 Å². The van der Waals surface area contributed by atoms with Crippen LogP contribution in [0.25, 0.3) is 10.9 Å². The van der Waals surface area contributed by atoms with Crippen molar-refractivity contribution in [3.63, 3.8) is 0 Å². The molecule has 1 aliphatic heterocycles. The predicted molar refractivity (Wildman–Crippen MR) is 111 cm³/mol. The number of nitriles is 1. The Morgan fingerprint density at radius 3 is 2.68 bits per heavy atom. The van der Waals surface area contributed by atoms with Gasteiger partial charge in [-0.2, -0.15) is 5.26 Å². The second-order valence-electron chi connectivity index (χ2n) is 7.61. The van der Waals surface area contributed by atoms with Gasteiger partial charge in [-0.15, -0.1) is 0 Å². The molecule has 28 heavy (non-hydrogen) atoms. The Morgan fingerprint density at radius 2 is 1.93 bits per heavy atom. The van der Waals surface area contributed by atoms with E-state index < -0.39 is 0 Å². The Labute approximate surface area is 165 Å². The average molecular weight is 371 g/mol. The molecule has 2 heterocycles. The second-order valence-corrected chi connectivity index (χ2v) is 7.61. The van der Waals surface area contributed by atoms with E-state index in [1.54, 1.807) is 0 Å². The van der Waals surface area contributed by atoms with Crippen LogP contribution in [0.2, 0.25) is 0 Å². The van der Waals surface area contributed by atoms with Gasteiger partial charge in [0.15, 0.2) is 0 Å². The molecule has 0 aliphatic carbocycles. The molecule has 1 aromatic heterocycles. The minimum absolute atomic E-state index is 0.268. The maximum absolute atomic E-state index is 12.6. The van der Waals surface area contributed by atoms with Gasteiger partial charge in [0.1, 0.15) is 0 Å². The molecule has 4 rings (SSSR count). The Kier molecular flexibility index (Phi) is 5.43. The van der Waals surface area contributed by atoms with E-state index in [0.29, 0.717) is 17.9 Å². The van der Waals surface area contributed by atoms with Gasteiger partial charge in [-0.25, -0.2) is 0 Å². The fraction of sp³-hybridized carbons (Fsp3) is 0.333. The zero-order chi connectivity index (χ0) is 19.3. The number of carbonyl (C=O) groups excluding carboxylic acids is 1. The topological polar surface area (TPSA) is 59.9 Å². The lowest BCUT2D eigenvalue weighted by molar-refractivity contribution is -0.132. The summed E-state index contributed by atoms with van der Waals surface area (Å²) in [6, 6.07) is 18.5. The molecule has 0 atom stereocenters. The summed E-state index contributed by atoms with van der Waals surface area (Å²) in [6.07, 6.45) is 6.37. The van der Waals surface area contributed by atoms with E-state index >= 15 is 0 Å². The number of piperidine rings is 1. The highest BCUT2D eigenvalue weighted by Crippen LogP contribution is 2.28. The molecule has 1 fully saturated rings. The van der Waals surface area contributed by atoms with Crippen molar-refractivity contribution >= 4 is 16.8 Å². The lowest BCUT2D eigenvalue weighted by Crippen LogP contribution is -2.37. The number of aromatic amines is 1. The number of hydrogen-bond acceptors (Lipinski definition) is 2. The predicted octanol–water partition coefficient (Wildman–Crippen LogP) is 4.77. The van der Waals surface area contributed by atoms with Crippen molar-refractivity contribution in [2.75, 3.05) is 13.1 Å². The van der Waals surface area contributed by atoms with Crippen molar-refractivity contribution < 1.29 is 4.79 Å². The summed E-state index contributed by atoms with van der Waals surface area (Å²) in [6.45, 7) is 1.72. The zero-order valence-corrected chi connectivity index (χ0v) is 16.0. The van der Waals surface area contributed by atoms with E-state index in [0.717, 1.165) is 49.7 Å². The van der Waals surface area contributed by atoms with E-state index in [4.69, 9.17) is 5.26 Å². The fourth-order valence-corrected chi connectivity index (χ4v) is 4.23. The molecule has 4 heteroatoms. The van der Waals surface area contributed by atoms with Crippen molar-refractivity contribution in [2.24, 2.45) is 0 Å². The van der Waals surface area contributed by atoms with Crippen LogP contribution in [0.5, 0.6) is 0 Å². The van der Waals surface area contributed by atoms with E-state index in [1.165, 1.54) is 11.1 Å². The smallest absolute Gasteiger partial charge is 0.222 e. The first-order valence-corrected chi connectivity index (χ1v) is 10.1. The van der Waals surface area contributed by atoms with Crippen LogP contribution in [0.3, 0.4) is 0 Å². The molecule has 142 valence electrons. The van der Waals surface area contributed by atoms with E-state index in [9.17, 15) is 4.79 Å². The van der Waals surface area contributed by atoms with Gasteiger partial charge in [0.2, 0.25) is 5.91 Å². The lowest BCUT2D eigenvalue weighted by atomic mass is 9.89. The van der Waals surface area contributed by atoms with Crippen LogP contribution in [-0.2, 0) is 11.2 Å². The minimum atomic E-state index is 0.268. The summed E-state index contributed by atoms with van der Waals surface area (Å²) in [7, 11) is 0. The van der Waals surface area contributed by atoms with E-state index in [-0.39, 0.29) is 5.91 Å². The number of hydrogen-bond donors (Lipinski definition) is 1. The van der Waals surface area contributed by atoms with E-state index in [2.05, 4.69) is 41.4 Å². The molecule has 1 N–H and O–H groups in total. The number of aromatic nitrogens is 1. The maximum Gasteiger partial charge on any atom is 0.222 e. The molecule has 1 amide bonds. The summed E-state index contributed by atoms with van der Waals surface area (Å²) in [5, 5.41) is 10.2. The standard InChI is InChI=1S/C24H25N3O/c25-16-18-9-10-23-22(15-18)21(17-26-23)7-4-8-24(28)27-13-11-20(12-14-27)19-5-2-1-3-6-19/h1-3,5-6,9-10,15,17,20,26H,4,7-8,11-14H2. The lowest BCUT2D eigenvalue weighted by Gasteiger charge is -2.32. The third-order valence-electron chi connectivity index (χ3n) is 5.85. The highest BCUT2D eigenvalue weighted by Gasteiger charge is 2.23. The zero-order valence-electron chi connectivity index (χ0n) is 16.0. The number of H-pyrrole nitrogens is 1. The van der Waals surface area contributed by atoms with Crippen molar-refractivity contribution in [1.29, 1.82) is 5.26 Å². The maximum atomic E-state index is 12.6. The fourth-order valence-electron chi connectivity index (χ4n) is 4.23.